The second-order valence-electron chi connectivity index (χ2n) is 10.5. The van der Waals surface area contributed by atoms with Crippen LogP contribution in [0.2, 0.25) is 0 Å². The molecule has 2 fully saturated rings. The molecular weight excluding hydrogens is 500 g/mol. The highest BCUT2D eigenvalue weighted by Gasteiger charge is 2.30. The number of nitrogens with one attached hydrogen (secondary N) is 1. The lowest BCUT2D eigenvalue weighted by Gasteiger charge is -2.36. The topological polar surface area (TPSA) is 83.4 Å². The van der Waals surface area contributed by atoms with Gasteiger partial charge in [0.2, 0.25) is 5.91 Å². The molecule has 2 aliphatic rings. The monoisotopic (exact) mass is 534 g/mol. The third-order valence-corrected chi connectivity index (χ3v) is 7.95. The first kappa shape index (κ1) is 26.0. The van der Waals surface area contributed by atoms with Crippen molar-refractivity contribution in [2.45, 2.75) is 38.3 Å². The van der Waals surface area contributed by atoms with Gasteiger partial charge in [-0.15, -0.1) is 0 Å². The van der Waals surface area contributed by atoms with Crippen molar-refractivity contribution in [1.29, 1.82) is 0 Å². The van der Waals surface area contributed by atoms with Gasteiger partial charge in [0.05, 0.1) is 11.2 Å². The summed E-state index contributed by atoms with van der Waals surface area (Å²) >= 11 is 0. The van der Waals surface area contributed by atoms with E-state index in [1.165, 1.54) is 32.0 Å². The average Bonchev–Trinajstić information content (AvgIpc) is 3.69. The predicted molar refractivity (Wildman–Crippen MR) is 156 cm³/mol. The van der Waals surface area contributed by atoms with Gasteiger partial charge in [-0.25, -0.2) is 4.68 Å². The third-order valence-electron chi connectivity index (χ3n) is 7.95. The van der Waals surface area contributed by atoms with Crippen LogP contribution in [0, 0.1) is 0 Å². The largest absolute Gasteiger partial charge is 0.348 e. The van der Waals surface area contributed by atoms with E-state index < -0.39 is 0 Å². The number of para-hydroxylation sites is 1. The highest BCUT2D eigenvalue weighted by molar-refractivity contribution is 6.05. The molecule has 2 amide bonds. The molecule has 2 saturated heterocycles. The molecule has 2 aromatic heterocycles. The van der Waals surface area contributed by atoms with Crippen molar-refractivity contribution in [1.82, 2.24) is 29.9 Å². The Morgan fingerprint density at radius 3 is 2.45 bits per heavy atom. The fraction of sp³-hybridized carbons (Fsp3) is 0.312. The maximum Gasteiger partial charge on any atom is 0.275 e. The number of likely N-dealkylation sites (tertiary alicyclic amines) is 2. The standard InChI is InChI=1S/C32H34N6O2/c39-30(34-23-25-6-5-17-33-22-25)14-11-24-9-12-27(13-10-24)38-29-8-2-1-7-28(29)31(35-38)32(40)37-20-15-26(16-21-37)36-18-3-4-19-36/h1-2,5-14,17,22,26H,3-4,15-16,18-21,23H2,(H,34,39). The van der Waals surface area contributed by atoms with E-state index in [9.17, 15) is 9.59 Å². The van der Waals surface area contributed by atoms with Gasteiger partial charge in [0.15, 0.2) is 5.69 Å². The number of nitrogens with zero attached hydrogens (tertiary/aromatic N) is 5. The molecule has 204 valence electrons. The predicted octanol–water partition coefficient (Wildman–Crippen LogP) is 4.45. The molecule has 0 atom stereocenters. The Labute approximate surface area is 234 Å². The molecule has 0 spiro atoms. The summed E-state index contributed by atoms with van der Waals surface area (Å²) in [5.74, 6) is -0.162. The zero-order valence-electron chi connectivity index (χ0n) is 22.6. The molecule has 2 aromatic carbocycles. The van der Waals surface area contributed by atoms with E-state index in [1.807, 2.05) is 70.2 Å². The molecule has 8 heteroatoms. The van der Waals surface area contributed by atoms with Gasteiger partial charge in [-0.3, -0.25) is 14.6 Å². The molecule has 4 aromatic rings. The molecule has 0 unspecified atom stereocenters. The summed E-state index contributed by atoms with van der Waals surface area (Å²) in [5, 5.41) is 8.55. The number of benzene rings is 2. The van der Waals surface area contributed by atoms with Crippen LogP contribution in [0.5, 0.6) is 0 Å². The van der Waals surface area contributed by atoms with Gasteiger partial charge in [0, 0.05) is 49.5 Å². The normalized spacial score (nSPS) is 16.6. The molecule has 4 heterocycles. The fourth-order valence-corrected chi connectivity index (χ4v) is 5.76. The Balaban J connectivity index is 1.14. The minimum Gasteiger partial charge on any atom is -0.348 e. The van der Waals surface area contributed by atoms with E-state index in [1.54, 1.807) is 18.5 Å². The summed E-state index contributed by atoms with van der Waals surface area (Å²) < 4.78 is 1.84. The molecule has 0 aliphatic carbocycles. The Morgan fingerprint density at radius 2 is 1.70 bits per heavy atom. The molecular formula is C32H34N6O2. The molecule has 2 aliphatic heterocycles. The van der Waals surface area contributed by atoms with Crippen LogP contribution in [0.4, 0.5) is 0 Å². The number of piperidine rings is 1. The summed E-state index contributed by atoms with van der Waals surface area (Å²) in [4.78, 5) is 34.5. The minimum absolute atomic E-state index is 0.00618. The van der Waals surface area contributed by atoms with Crippen LogP contribution in [0.1, 0.15) is 47.3 Å². The Kier molecular flexibility index (Phi) is 7.68. The summed E-state index contributed by atoms with van der Waals surface area (Å²) in [6.45, 7) is 4.37. The van der Waals surface area contributed by atoms with Crippen molar-refractivity contribution < 1.29 is 9.59 Å². The van der Waals surface area contributed by atoms with Gasteiger partial charge in [-0.2, -0.15) is 5.10 Å². The number of aromatic nitrogens is 3. The number of carbonyl (C=O) groups excluding carboxylic acids is 2. The van der Waals surface area contributed by atoms with Crippen LogP contribution >= 0.6 is 0 Å². The number of carbonyl (C=O) groups is 2. The quantitative estimate of drug-likeness (QED) is 0.354. The first-order valence-electron chi connectivity index (χ1n) is 14.1. The Morgan fingerprint density at radius 1 is 0.925 bits per heavy atom. The SMILES string of the molecule is O=C(C=Cc1ccc(-n2nc(C(=O)N3CCC(N4CCCC4)CC3)c3ccccc32)cc1)NCc1cccnc1. The van der Waals surface area contributed by atoms with Gasteiger partial charge < -0.3 is 15.1 Å². The van der Waals surface area contributed by atoms with Crippen molar-refractivity contribution >= 4 is 28.8 Å². The van der Waals surface area contributed by atoms with E-state index in [0.29, 0.717) is 18.3 Å². The highest BCUT2D eigenvalue weighted by Crippen LogP contribution is 2.26. The lowest BCUT2D eigenvalue weighted by Crippen LogP contribution is -2.46. The summed E-state index contributed by atoms with van der Waals surface area (Å²) in [6.07, 6.45) is 11.4. The Bertz CT molecular complexity index is 1500. The van der Waals surface area contributed by atoms with Crippen LogP contribution < -0.4 is 5.32 Å². The van der Waals surface area contributed by atoms with E-state index in [0.717, 1.165) is 53.6 Å². The molecule has 0 bridgehead atoms. The van der Waals surface area contributed by atoms with Crippen molar-refractivity contribution in [2.75, 3.05) is 26.2 Å². The zero-order valence-corrected chi connectivity index (χ0v) is 22.6. The van der Waals surface area contributed by atoms with Crippen LogP contribution in [-0.2, 0) is 11.3 Å². The molecule has 0 saturated carbocycles. The van der Waals surface area contributed by atoms with Crippen LogP contribution in [0.15, 0.2) is 79.1 Å². The van der Waals surface area contributed by atoms with Crippen LogP contribution in [0.3, 0.4) is 0 Å². The molecule has 1 N–H and O–H groups in total. The average molecular weight is 535 g/mol. The minimum atomic E-state index is -0.168. The highest BCUT2D eigenvalue weighted by atomic mass is 16.2. The first-order valence-corrected chi connectivity index (χ1v) is 14.1. The van der Waals surface area contributed by atoms with Crippen molar-refractivity contribution in [3.05, 3.63) is 96.0 Å². The molecule has 6 rings (SSSR count). The number of rotatable bonds is 7. The number of amides is 2. The Hall–Kier alpha value is -4.30. The first-order chi connectivity index (χ1) is 19.7. The summed E-state index contributed by atoms with van der Waals surface area (Å²) in [6, 6.07) is 20.1. The van der Waals surface area contributed by atoms with E-state index >= 15 is 0 Å². The number of hydrogen-bond donors (Lipinski definition) is 1. The number of pyridine rings is 1. The smallest absolute Gasteiger partial charge is 0.275 e. The second kappa shape index (κ2) is 11.8. The van der Waals surface area contributed by atoms with E-state index in [4.69, 9.17) is 5.10 Å². The van der Waals surface area contributed by atoms with Gasteiger partial charge in [0.25, 0.3) is 5.91 Å². The second-order valence-corrected chi connectivity index (χ2v) is 10.5. The van der Waals surface area contributed by atoms with Gasteiger partial charge in [-0.05, 0) is 80.2 Å². The lowest BCUT2D eigenvalue weighted by molar-refractivity contribution is -0.116. The lowest BCUT2D eigenvalue weighted by atomic mass is 10.0. The molecule has 0 radical (unpaired) electrons. The van der Waals surface area contributed by atoms with Gasteiger partial charge in [0.1, 0.15) is 0 Å². The molecule has 40 heavy (non-hydrogen) atoms. The maximum atomic E-state index is 13.6. The summed E-state index contributed by atoms with van der Waals surface area (Å²) in [7, 11) is 0. The fourth-order valence-electron chi connectivity index (χ4n) is 5.76. The summed E-state index contributed by atoms with van der Waals surface area (Å²) in [5.41, 5.74) is 4.11. The third kappa shape index (κ3) is 5.67. The van der Waals surface area contributed by atoms with Gasteiger partial charge >= 0.3 is 0 Å². The van der Waals surface area contributed by atoms with E-state index in [2.05, 4.69) is 15.2 Å². The van der Waals surface area contributed by atoms with Crippen LogP contribution in [-0.4, -0.2) is 68.6 Å². The van der Waals surface area contributed by atoms with Crippen LogP contribution in [0.25, 0.3) is 22.7 Å². The number of hydrogen-bond acceptors (Lipinski definition) is 5. The maximum absolute atomic E-state index is 13.6. The van der Waals surface area contributed by atoms with Gasteiger partial charge in [-0.1, -0.05) is 36.4 Å². The molecule has 8 nitrogen and oxygen atoms in total. The van der Waals surface area contributed by atoms with Crippen molar-refractivity contribution in [2.24, 2.45) is 0 Å². The zero-order chi connectivity index (χ0) is 27.3. The van der Waals surface area contributed by atoms with Crippen molar-refractivity contribution in [3.63, 3.8) is 0 Å². The van der Waals surface area contributed by atoms with Crippen molar-refractivity contribution in [3.8, 4) is 5.69 Å². The van der Waals surface area contributed by atoms with E-state index in [-0.39, 0.29) is 11.8 Å². The number of fused-ring (bicyclic) bond motifs is 1.